The van der Waals surface area contributed by atoms with Crippen molar-refractivity contribution >= 4 is 0 Å². The Hall–Kier alpha value is -2.24. The monoisotopic (exact) mass is 337 g/mol. The fourth-order valence-corrected chi connectivity index (χ4v) is 2.87. The summed E-state index contributed by atoms with van der Waals surface area (Å²) >= 11 is 0. The molecule has 1 aromatic carbocycles. The van der Waals surface area contributed by atoms with Crippen LogP contribution in [0, 0.1) is 0 Å². The Morgan fingerprint density at radius 1 is 1.08 bits per heavy atom. The van der Waals surface area contributed by atoms with Gasteiger partial charge >= 0.3 is 6.18 Å². The summed E-state index contributed by atoms with van der Waals surface area (Å²) < 4.78 is 49.9. The summed E-state index contributed by atoms with van der Waals surface area (Å²) in [6.45, 7) is 0. The molecule has 0 saturated heterocycles. The van der Waals surface area contributed by atoms with Crippen molar-refractivity contribution in [2.75, 3.05) is 7.11 Å². The highest BCUT2D eigenvalue weighted by molar-refractivity contribution is 5.63. The normalized spacial score (nSPS) is 15.5. The molecule has 3 nitrogen and oxygen atoms in total. The predicted molar refractivity (Wildman–Crippen MR) is 84.1 cm³/mol. The van der Waals surface area contributed by atoms with Crippen molar-refractivity contribution in [3.63, 3.8) is 0 Å². The molecule has 128 valence electrons. The number of hydrogen-bond donors (Lipinski definition) is 0. The van der Waals surface area contributed by atoms with E-state index in [4.69, 9.17) is 9.47 Å². The van der Waals surface area contributed by atoms with E-state index in [0.29, 0.717) is 22.8 Å². The maximum absolute atomic E-state index is 12.9. The Bertz CT molecular complexity index is 710. The molecule has 0 atom stereocenters. The van der Waals surface area contributed by atoms with Gasteiger partial charge in [0.25, 0.3) is 0 Å². The van der Waals surface area contributed by atoms with Gasteiger partial charge < -0.3 is 9.47 Å². The highest BCUT2D eigenvalue weighted by Crippen LogP contribution is 2.36. The first-order valence-electron chi connectivity index (χ1n) is 7.85. The molecule has 1 saturated carbocycles. The topological polar surface area (TPSA) is 31.4 Å². The predicted octanol–water partition coefficient (Wildman–Crippen LogP) is 5.10. The summed E-state index contributed by atoms with van der Waals surface area (Å²) in [6.07, 6.45) is 1.42. The minimum atomic E-state index is -4.38. The van der Waals surface area contributed by atoms with E-state index < -0.39 is 11.7 Å². The Labute approximate surface area is 138 Å². The van der Waals surface area contributed by atoms with Crippen LogP contribution in [-0.4, -0.2) is 18.2 Å². The van der Waals surface area contributed by atoms with E-state index in [0.717, 1.165) is 37.8 Å². The van der Waals surface area contributed by atoms with Gasteiger partial charge in [-0.05, 0) is 37.8 Å². The van der Waals surface area contributed by atoms with Crippen LogP contribution in [0.4, 0.5) is 13.2 Å². The molecule has 0 bridgehead atoms. The molecule has 0 radical (unpaired) electrons. The summed E-state index contributed by atoms with van der Waals surface area (Å²) in [4.78, 5) is 4.21. The molecule has 6 heteroatoms. The lowest BCUT2D eigenvalue weighted by atomic mass is 10.1. The molecule has 1 aliphatic carbocycles. The molecule has 1 aromatic heterocycles. The summed E-state index contributed by atoms with van der Waals surface area (Å²) in [5.41, 5.74) is 0.120. The zero-order valence-electron chi connectivity index (χ0n) is 13.3. The molecule has 0 amide bonds. The molecule has 0 spiro atoms. The van der Waals surface area contributed by atoms with Crippen LogP contribution in [0.1, 0.15) is 31.2 Å². The minimum absolute atomic E-state index is 0.121. The van der Waals surface area contributed by atoms with E-state index in [-0.39, 0.29) is 6.10 Å². The summed E-state index contributed by atoms with van der Waals surface area (Å²) in [7, 11) is 1.52. The van der Waals surface area contributed by atoms with Crippen LogP contribution in [0.15, 0.2) is 36.5 Å². The van der Waals surface area contributed by atoms with Crippen LogP contribution in [0.3, 0.4) is 0 Å². The van der Waals surface area contributed by atoms with E-state index in [1.54, 1.807) is 12.1 Å². The molecule has 0 N–H and O–H groups in total. The number of benzene rings is 1. The van der Waals surface area contributed by atoms with Crippen molar-refractivity contribution in [3.05, 3.63) is 42.1 Å². The lowest BCUT2D eigenvalue weighted by molar-refractivity contribution is -0.137. The second-order valence-corrected chi connectivity index (χ2v) is 5.82. The highest BCUT2D eigenvalue weighted by atomic mass is 19.4. The van der Waals surface area contributed by atoms with Gasteiger partial charge in [-0.15, -0.1) is 0 Å². The molecule has 1 fully saturated rings. The SMILES string of the molecule is COc1cnc(-c2cccc(C(F)(F)F)c2)cc1OC1CCCC1. The first kappa shape index (κ1) is 16.6. The maximum Gasteiger partial charge on any atom is 0.416 e. The van der Waals surface area contributed by atoms with Crippen LogP contribution >= 0.6 is 0 Å². The first-order valence-corrected chi connectivity index (χ1v) is 7.85. The van der Waals surface area contributed by atoms with Crippen molar-refractivity contribution in [1.82, 2.24) is 4.98 Å². The minimum Gasteiger partial charge on any atom is -0.491 e. The van der Waals surface area contributed by atoms with Gasteiger partial charge in [0.15, 0.2) is 11.5 Å². The van der Waals surface area contributed by atoms with E-state index in [2.05, 4.69) is 4.98 Å². The first-order chi connectivity index (χ1) is 11.5. The lowest BCUT2D eigenvalue weighted by Crippen LogP contribution is -2.12. The van der Waals surface area contributed by atoms with Gasteiger partial charge in [0, 0.05) is 11.6 Å². The molecule has 0 aliphatic heterocycles. The Balaban J connectivity index is 1.93. The van der Waals surface area contributed by atoms with Gasteiger partial charge in [-0.1, -0.05) is 12.1 Å². The van der Waals surface area contributed by atoms with E-state index in [1.165, 1.54) is 19.4 Å². The third-order valence-electron chi connectivity index (χ3n) is 4.13. The molecule has 1 heterocycles. The van der Waals surface area contributed by atoms with Gasteiger partial charge in [-0.3, -0.25) is 4.98 Å². The van der Waals surface area contributed by atoms with Gasteiger partial charge in [0.2, 0.25) is 0 Å². The molecule has 2 aromatic rings. The van der Waals surface area contributed by atoms with Crippen LogP contribution in [0.5, 0.6) is 11.5 Å². The number of alkyl halides is 3. The van der Waals surface area contributed by atoms with Gasteiger partial charge in [0.05, 0.1) is 30.7 Å². The zero-order chi connectivity index (χ0) is 17.2. The van der Waals surface area contributed by atoms with Crippen molar-refractivity contribution < 1.29 is 22.6 Å². The van der Waals surface area contributed by atoms with Gasteiger partial charge in [-0.25, -0.2) is 0 Å². The molecular formula is C18H18F3NO2. The Morgan fingerprint density at radius 3 is 2.50 bits per heavy atom. The summed E-state index contributed by atoms with van der Waals surface area (Å²) in [5.74, 6) is 1.00. The number of aromatic nitrogens is 1. The smallest absolute Gasteiger partial charge is 0.416 e. The van der Waals surface area contributed by atoms with Crippen molar-refractivity contribution in [2.24, 2.45) is 0 Å². The molecular weight excluding hydrogens is 319 g/mol. The van der Waals surface area contributed by atoms with Gasteiger partial charge in [0.1, 0.15) is 0 Å². The molecule has 0 unspecified atom stereocenters. The van der Waals surface area contributed by atoms with E-state index in [1.807, 2.05) is 0 Å². The van der Waals surface area contributed by atoms with Crippen LogP contribution in [0.2, 0.25) is 0 Å². The Kier molecular flexibility index (Phi) is 4.64. The number of rotatable bonds is 4. The molecule has 1 aliphatic rings. The standard InChI is InChI=1S/C18H18F3NO2/c1-23-17-11-22-15(10-16(17)24-14-7-2-3-8-14)12-5-4-6-13(9-12)18(19,20)21/h4-6,9-11,14H,2-3,7-8H2,1H3. The maximum atomic E-state index is 12.9. The average Bonchev–Trinajstić information content (AvgIpc) is 3.07. The van der Waals surface area contributed by atoms with E-state index >= 15 is 0 Å². The summed E-state index contributed by atoms with van der Waals surface area (Å²) in [6, 6.07) is 6.76. The molecule has 3 rings (SSSR count). The van der Waals surface area contributed by atoms with Crippen LogP contribution < -0.4 is 9.47 Å². The van der Waals surface area contributed by atoms with Crippen molar-refractivity contribution in [1.29, 1.82) is 0 Å². The summed E-state index contributed by atoms with van der Waals surface area (Å²) in [5, 5.41) is 0. The average molecular weight is 337 g/mol. The van der Waals surface area contributed by atoms with Gasteiger partial charge in [-0.2, -0.15) is 13.2 Å². The number of hydrogen-bond acceptors (Lipinski definition) is 3. The molecule has 24 heavy (non-hydrogen) atoms. The number of nitrogens with zero attached hydrogens (tertiary/aromatic N) is 1. The second kappa shape index (κ2) is 6.71. The number of pyridine rings is 1. The third kappa shape index (κ3) is 3.63. The zero-order valence-corrected chi connectivity index (χ0v) is 13.3. The fraction of sp³-hybridized carbons (Fsp3) is 0.389. The highest BCUT2D eigenvalue weighted by Gasteiger charge is 2.30. The van der Waals surface area contributed by atoms with Crippen molar-refractivity contribution in [2.45, 2.75) is 38.0 Å². The van der Waals surface area contributed by atoms with Crippen molar-refractivity contribution in [3.8, 4) is 22.8 Å². The number of halogens is 3. The van der Waals surface area contributed by atoms with E-state index in [9.17, 15) is 13.2 Å². The number of ether oxygens (including phenoxy) is 2. The fourth-order valence-electron chi connectivity index (χ4n) is 2.87. The Morgan fingerprint density at radius 2 is 1.83 bits per heavy atom. The quantitative estimate of drug-likeness (QED) is 0.778. The lowest BCUT2D eigenvalue weighted by Gasteiger charge is -2.16. The van der Waals surface area contributed by atoms with Crippen LogP contribution in [0.25, 0.3) is 11.3 Å². The third-order valence-corrected chi connectivity index (χ3v) is 4.13. The van der Waals surface area contributed by atoms with Crippen LogP contribution in [-0.2, 0) is 6.18 Å². The number of methoxy groups -OCH3 is 1. The largest absolute Gasteiger partial charge is 0.491 e. The second-order valence-electron chi connectivity index (χ2n) is 5.82.